The number of piperidine rings is 1. The highest BCUT2D eigenvalue weighted by Crippen LogP contribution is 2.32. The number of rotatable bonds is 22. The minimum Gasteiger partial charge on any atom is -0.481 e. The number of amides is 3. The van der Waals surface area contributed by atoms with Crippen molar-refractivity contribution in [1.29, 1.82) is 0 Å². The Morgan fingerprint density at radius 2 is 1.79 bits per heavy atom. The number of likely N-dealkylation sites (N-methyl/N-ethyl adjacent to an activating group) is 1. The summed E-state index contributed by atoms with van der Waals surface area (Å²) in [5.41, 5.74) is 2.19. The van der Waals surface area contributed by atoms with Gasteiger partial charge in [-0.05, 0) is 69.4 Å². The van der Waals surface area contributed by atoms with Crippen molar-refractivity contribution >= 4 is 65.4 Å². The number of carboxylic acids is 1. The van der Waals surface area contributed by atoms with Gasteiger partial charge in [0.05, 0.1) is 17.8 Å². The molecule has 7 atom stereocenters. The Balaban J connectivity index is 1.91. The van der Waals surface area contributed by atoms with E-state index in [2.05, 4.69) is 33.1 Å². The smallest absolute Gasteiger partial charge is 0.306 e. The normalized spacial score (nSPS) is 17.9. The van der Waals surface area contributed by atoms with E-state index in [9.17, 15) is 29.1 Å². The number of aliphatic carboxylic acids is 1. The first-order valence-electron chi connectivity index (χ1n) is 19.8. The molecule has 56 heavy (non-hydrogen) atoms. The third-order valence-electron chi connectivity index (χ3n) is 10.6. The van der Waals surface area contributed by atoms with Crippen molar-refractivity contribution in [1.82, 2.24) is 25.4 Å². The van der Waals surface area contributed by atoms with Crippen molar-refractivity contribution < 1.29 is 33.8 Å². The van der Waals surface area contributed by atoms with Crippen molar-refractivity contribution in [3.63, 3.8) is 0 Å². The summed E-state index contributed by atoms with van der Waals surface area (Å²) in [5.74, 6) is -1.47. The van der Waals surface area contributed by atoms with Gasteiger partial charge in [-0.1, -0.05) is 77.3 Å². The molecule has 15 heteroatoms. The molecule has 3 N–H and O–H groups in total. The molecule has 1 aromatic carbocycles. The number of carbonyl (C=O) groups excluding carboxylic acids is 4. The molecule has 3 rings (SSSR count). The molecular weight excluding hydrogens is 771 g/mol. The zero-order valence-electron chi connectivity index (χ0n) is 34.3. The number of hydrogen-bond acceptors (Lipinski definition) is 11. The van der Waals surface area contributed by atoms with Gasteiger partial charge in [0.15, 0.2) is 6.10 Å². The van der Waals surface area contributed by atoms with Gasteiger partial charge in [0.2, 0.25) is 11.8 Å². The molecule has 1 aromatic heterocycles. The van der Waals surface area contributed by atoms with Crippen molar-refractivity contribution in [3.8, 4) is 0 Å². The van der Waals surface area contributed by atoms with E-state index in [1.807, 2.05) is 70.8 Å². The predicted molar refractivity (Wildman–Crippen MR) is 227 cm³/mol. The number of aryl methyl sites for hydroxylation is 1. The molecule has 1 fully saturated rings. The third kappa shape index (κ3) is 14.4. The van der Waals surface area contributed by atoms with Gasteiger partial charge in [-0.2, -0.15) is 12.6 Å². The molecule has 12 nitrogen and oxygen atoms in total. The number of hydrogen-bond donors (Lipinski definition) is 4. The predicted octanol–water partition coefficient (Wildman–Crippen LogP) is 6.39. The topological polar surface area (TPSA) is 158 Å². The van der Waals surface area contributed by atoms with Crippen LogP contribution in [0.4, 0.5) is 0 Å². The fraction of sp³-hybridized carbons (Fsp3) is 0.659. The van der Waals surface area contributed by atoms with Gasteiger partial charge in [-0.15, -0.1) is 23.1 Å². The molecule has 1 unspecified atom stereocenters. The van der Waals surface area contributed by atoms with Crippen LogP contribution >= 0.6 is 35.7 Å². The van der Waals surface area contributed by atoms with E-state index < -0.39 is 48.0 Å². The molecule has 0 spiro atoms. The monoisotopic (exact) mass is 833 g/mol. The van der Waals surface area contributed by atoms with Gasteiger partial charge in [-0.3, -0.25) is 28.9 Å². The number of nitrogens with one attached hydrogen (secondary N) is 2. The summed E-state index contributed by atoms with van der Waals surface area (Å²) >= 11 is 7.16. The van der Waals surface area contributed by atoms with Gasteiger partial charge in [0, 0.05) is 36.6 Å². The molecule has 1 aliphatic heterocycles. The van der Waals surface area contributed by atoms with Crippen molar-refractivity contribution in [2.24, 2.45) is 17.8 Å². The molecule has 3 amide bonds. The molecular formula is C41H63N5O7S3. The molecule has 312 valence electrons. The molecule has 2 heterocycles. The number of esters is 1. The van der Waals surface area contributed by atoms with Crippen molar-refractivity contribution in [2.75, 3.05) is 31.0 Å². The molecule has 0 aliphatic carbocycles. The second-order valence-corrected chi connectivity index (χ2v) is 17.9. The van der Waals surface area contributed by atoms with E-state index >= 15 is 0 Å². The van der Waals surface area contributed by atoms with E-state index in [0.29, 0.717) is 35.2 Å². The molecule has 0 saturated carbocycles. The second-order valence-electron chi connectivity index (χ2n) is 15.5. The number of thioether (sulfide) groups is 1. The number of thiazole rings is 1. The quantitative estimate of drug-likeness (QED) is 0.0454. The number of carboxylic acid groups (broad SMARTS) is 1. The van der Waals surface area contributed by atoms with Gasteiger partial charge in [0.1, 0.15) is 16.7 Å². The Bertz CT molecular complexity index is 1590. The van der Waals surface area contributed by atoms with Crippen LogP contribution in [0.25, 0.3) is 0 Å². The Morgan fingerprint density at radius 1 is 1.09 bits per heavy atom. The summed E-state index contributed by atoms with van der Waals surface area (Å²) < 4.78 is 5.88. The summed E-state index contributed by atoms with van der Waals surface area (Å²) in [5, 5.41) is 17.8. The summed E-state index contributed by atoms with van der Waals surface area (Å²) in [6.07, 6.45) is 3.45. The molecule has 0 radical (unpaired) electrons. The van der Waals surface area contributed by atoms with Crippen molar-refractivity contribution in [2.45, 2.75) is 124 Å². The fourth-order valence-electron chi connectivity index (χ4n) is 6.97. The zero-order chi connectivity index (χ0) is 41.5. The molecule has 2 aromatic rings. The highest BCUT2D eigenvalue weighted by Gasteiger charge is 2.39. The summed E-state index contributed by atoms with van der Waals surface area (Å²) in [7, 11) is 1.95. The number of nitrogens with zero attached hydrogens (tertiary/aromatic N) is 3. The standard InChI is InChI=1S/C41H63N5O7S3/c1-9-27(5)36(44-38(49)33-12-10-11-17-45(33)8)40(50)46(24-55-19-18-54)34(25(2)3)22-35(53-29(7)47)39-43-32(23-56-39)37(48)42-31(20-28(6)41(51)52)21-30-15-13-26(4)14-16-30/h13-16,23,25,27-28,31,33-36,54H,9-12,17-22,24H2,1-8H3,(H,42,48)(H,44,49)(H,51,52)/t27?,28-,31+,33+,34+,35+,36-/m0/s1. The lowest BCUT2D eigenvalue weighted by Crippen LogP contribution is -2.58. The Hall–Kier alpha value is -3.14. The summed E-state index contributed by atoms with van der Waals surface area (Å²) in [4.78, 5) is 74.9. The summed E-state index contributed by atoms with van der Waals surface area (Å²) in [6, 6.07) is 5.96. The number of thiol groups is 1. The van der Waals surface area contributed by atoms with Crippen LogP contribution in [0.5, 0.6) is 0 Å². The second kappa shape index (κ2) is 23.3. The lowest BCUT2D eigenvalue weighted by atomic mass is 9.92. The maximum Gasteiger partial charge on any atom is 0.306 e. The SMILES string of the molecule is CCC(C)[C@H](NC(=O)[C@H]1CCCCN1C)C(=O)N(CSCCS)[C@H](C[C@@H](OC(C)=O)c1nc(C(=O)N[C@@H](Cc2ccc(C)cc2)C[C@H](C)C(=O)O)cs1)C(C)C. The number of aromatic nitrogens is 1. The first kappa shape index (κ1) is 47.2. The van der Waals surface area contributed by atoms with Crippen LogP contribution in [-0.2, 0) is 30.3 Å². The van der Waals surface area contributed by atoms with E-state index in [1.165, 1.54) is 18.3 Å². The van der Waals surface area contributed by atoms with Crippen LogP contribution in [0.15, 0.2) is 29.6 Å². The van der Waals surface area contributed by atoms with Crippen LogP contribution in [0.2, 0.25) is 0 Å². The molecule has 1 saturated heterocycles. The lowest BCUT2D eigenvalue weighted by molar-refractivity contribution is -0.149. The average Bonchev–Trinajstić information content (AvgIpc) is 3.65. The van der Waals surface area contributed by atoms with Gasteiger partial charge < -0.3 is 25.4 Å². The highest BCUT2D eigenvalue weighted by atomic mass is 32.2. The lowest BCUT2D eigenvalue weighted by Gasteiger charge is -2.40. The number of benzene rings is 1. The average molecular weight is 834 g/mol. The maximum absolute atomic E-state index is 14.7. The Kier molecular flexibility index (Phi) is 19.7. The van der Waals surface area contributed by atoms with Crippen LogP contribution in [0.1, 0.15) is 113 Å². The number of likely N-dealkylation sites (tertiary alicyclic amines) is 1. The Labute approximate surface area is 347 Å². The zero-order valence-corrected chi connectivity index (χ0v) is 36.8. The van der Waals surface area contributed by atoms with Crippen LogP contribution in [0, 0.1) is 24.7 Å². The van der Waals surface area contributed by atoms with Gasteiger partial charge >= 0.3 is 11.9 Å². The van der Waals surface area contributed by atoms with Crippen molar-refractivity contribution in [3.05, 3.63) is 51.5 Å². The van der Waals surface area contributed by atoms with Gasteiger partial charge in [-0.25, -0.2) is 4.98 Å². The van der Waals surface area contributed by atoms with E-state index in [0.717, 1.165) is 36.9 Å². The highest BCUT2D eigenvalue weighted by molar-refractivity contribution is 7.99. The van der Waals surface area contributed by atoms with Gasteiger partial charge in [0.25, 0.3) is 5.91 Å². The van der Waals surface area contributed by atoms with E-state index in [-0.39, 0.29) is 48.2 Å². The van der Waals surface area contributed by atoms with Crippen LogP contribution < -0.4 is 10.6 Å². The maximum atomic E-state index is 14.7. The molecule has 0 bridgehead atoms. The fourth-order valence-corrected chi connectivity index (χ4v) is 8.98. The minimum atomic E-state index is -0.945. The number of carbonyl (C=O) groups is 5. The van der Waals surface area contributed by atoms with E-state index in [1.54, 1.807) is 24.1 Å². The summed E-state index contributed by atoms with van der Waals surface area (Å²) in [6.45, 7) is 13.8. The van der Waals surface area contributed by atoms with E-state index in [4.69, 9.17) is 4.74 Å². The molecule has 1 aliphatic rings. The largest absolute Gasteiger partial charge is 0.481 e. The first-order valence-corrected chi connectivity index (χ1v) is 22.4. The Morgan fingerprint density at radius 3 is 2.38 bits per heavy atom. The first-order chi connectivity index (χ1) is 26.6. The number of ether oxygens (including phenoxy) is 1. The third-order valence-corrected chi connectivity index (χ3v) is 13.0. The minimum absolute atomic E-state index is 0.0761. The van der Waals surface area contributed by atoms with Crippen LogP contribution in [-0.4, -0.2) is 105 Å². The van der Waals surface area contributed by atoms with Crippen LogP contribution in [0.3, 0.4) is 0 Å².